The average Bonchev–Trinajstić information content (AvgIpc) is 2.39. The molecule has 0 aliphatic rings. The van der Waals surface area contributed by atoms with Crippen molar-refractivity contribution in [3.63, 3.8) is 0 Å². The standard InChI is InChI=1S/C14H11FN2OS/c1-10-6-8-16-14(17-10)19-9-7-13(18)11-2-4-12(15)5-3-11/h2-9H,1H3/b9-7+. The van der Waals surface area contributed by atoms with E-state index in [1.54, 1.807) is 17.7 Å². The van der Waals surface area contributed by atoms with E-state index in [1.165, 1.54) is 42.1 Å². The second-order valence-corrected chi connectivity index (χ2v) is 4.65. The third kappa shape index (κ3) is 3.99. The molecule has 2 aromatic rings. The number of carbonyl (C=O) groups excluding carboxylic acids is 1. The highest BCUT2D eigenvalue weighted by molar-refractivity contribution is 8.02. The first-order valence-electron chi connectivity index (χ1n) is 5.58. The molecule has 1 heterocycles. The molecule has 0 fully saturated rings. The normalized spacial score (nSPS) is 10.8. The smallest absolute Gasteiger partial charge is 0.192 e. The number of hydrogen-bond acceptors (Lipinski definition) is 4. The van der Waals surface area contributed by atoms with E-state index in [0.29, 0.717) is 10.7 Å². The number of aryl methyl sites for hydroxylation is 1. The summed E-state index contributed by atoms with van der Waals surface area (Å²) in [5.41, 5.74) is 1.32. The van der Waals surface area contributed by atoms with Crippen molar-refractivity contribution in [2.45, 2.75) is 12.1 Å². The molecular weight excluding hydrogens is 263 g/mol. The molecule has 1 aromatic heterocycles. The minimum atomic E-state index is -0.358. The fourth-order valence-electron chi connectivity index (χ4n) is 1.35. The van der Waals surface area contributed by atoms with E-state index in [0.717, 1.165) is 5.69 Å². The maximum Gasteiger partial charge on any atom is 0.192 e. The number of rotatable bonds is 4. The molecule has 3 nitrogen and oxygen atoms in total. The molecule has 0 radical (unpaired) electrons. The number of halogens is 1. The minimum absolute atomic E-state index is 0.180. The molecule has 0 amide bonds. The summed E-state index contributed by atoms with van der Waals surface area (Å²) >= 11 is 1.26. The molecule has 0 saturated heterocycles. The summed E-state index contributed by atoms with van der Waals surface area (Å²) in [6.45, 7) is 1.87. The minimum Gasteiger partial charge on any atom is -0.289 e. The Hall–Kier alpha value is -2.01. The van der Waals surface area contributed by atoms with Gasteiger partial charge in [-0.2, -0.15) is 0 Å². The Labute approximate surface area is 114 Å². The number of nitrogens with zero attached hydrogens (tertiary/aromatic N) is 2. The second kappa shape index (κ2) is 6.24. The first-order chi connectivity index (χ1) is 9.15. The lowest BCUT2D eigenvalue weighted by molar-refractivity contribution is 0.104. The average molecular weight is 274 g/mol. The number of allylic oxidation sites excluding steroid dienone is 1. The molecule has 0 saturated carbocycles. The molecule has 0 aliphatic heterocycles. The summed E-state index contributed by atoms with van der Waals surface area (Å²) in [5, 5.41) is 2.21. The predicted octanol–water partition coefficient (Wildman–Crippen LogP) is 3.41. The Kier molecular flexibility index (Phi) is 4.41. The molecular formula is C14H11FN2OS. The van der Waals surface area contributed by atoms with E-state index in [2.05, 4.69) is 9.97 Å². The Balaban J connectivity index is 1.99. The Morgan fingerprint density at radius 2 is 2.00 bits per heavy atom. The zero-order chi connectivity index (χ0) is 13.7. The van der Waals surface area contributed by atoms with Crippen LogP contribution in [0.15, 0.2) is 53.2 Å². The Morgan fingerprint density at radius 1 is 1.26 bits per heavy atom. The molecule has 5 heteroatoms. The van der Waals surface area contributed by atoms with E-state index in [-0.39, 0.29) is 11.6 Å². The first-order valence-corrected chi connectivity index (χ1v) is 6.46. The Morgan fingerprint density at radius 3 is 2.68 bits per heavy atom. The van der Waals surface area contributed by atoms with Gasteiger partial charge in [0.05, 0.1) is 0 Å². The van der Waals surface area contributed by atoms with Crippen LogP contribution in [0.4, 0.5) is 4.39 Å². The van der Waals surface area contributed by atoms with Crippen molar-refractivity contribution in [1.29, 1.82) is 0 Å². The van der Waals surface area contributed by atoms with Gasteiger partial charge in [0.25, 0.3) is 0 Å². The topological polar surface area (TPSA) is 42.9 Å². The van der Waals surface area contributed by atoms with Gasteiger partial charge in [0.15, 0.2) is 10.9 Å². The van der Waals surface area contributed by atoms with Crippen LogP contribution in [0.5, 0.6) is 0 Å². The van der Waals surface area contributed by atoms with Crippen LogP contribution in [0.1, 0.15) is 16.1 Å². The molecule has 19 heavy (non-hydrogen) atoms. The molecule has 96 valence electrons. The summed E-state index contributed by atoms with van der Waals surface area (Å²) in [4.78, 5) is 20.0. The van der Waals surface area contributed by atoms with Crippen LogP contribution in [-0.2, 0) is 0 Å². The predicted molar refractivity (Wildman–Crippen MR) is 72.5 cm³/mol. The van der Waals surface area contributed by atoms with E-state index < -0.39 is 0 Å². The van der Waals surface area contributed by atoms with Crippen LogP contribution >= 0.6 is 11.8 Å². The molecule has 0 atom stereocenters. The van der Waals surface area contributed by atoms with Crippen molar-refractivity contribution < 1.29 is 9.18 Å². The fourth-order valence-corrected chi connectivity index (χ4v) is 1.98. The van der Waals surface area contributed by atoms with E-state index in [9.17, 15) is 9.18 Å². The number of hydrogen-bond donors (Lipinski definition) is 0. The van der Waals surface area contributed by atoms with E-state index in [1.807, 2.05) is 6.92 Å². The zero-order valence-corrected chi connectivity index (χ0v) is 11.0. The summed E-state index contributed by atoms with van der Waals surface area (Å²) in [7, 11) is 0. The van der Waals surface area contributed by atoms with Crippen LogP contribution in [-0.4, -0.2) is 15.8 Å². The number of ketones is 1. The summed E-state index contributed by atoms with van der Waals surface area (Å²) in [6, 6.07) is 7.24. The van der Waals surface area contributed by atoms with Crippen molar-refractivity contribution in [2.75, 3.05) is 0 Å². The van der Waals surface area contributed by atoms with E-state index >= 15 is 0 Å². The van der Waals surface area contributed by atoms with Gasteiger partial charge in [0.2, 0.25) is 0 Å². The lowest BCUT2D eigenvalue weighted by Gasteiger charge is -1.96. The van der Waals surface area contributed by atoms with Crippen LogP contribution in [0.25, 0.3) is 0 Å². The summed E-state index contributed by atoms with van der Waals surface area (Å²) < 4.78 is 12.7. The van der Waals surface area contributed by atoms with Crippen LogP contribution in [0.3, 0.4) is 0 Å². The second-order valence-electron chi connectivity index (χ2n) is 3.77. The largest absolute Gasteiger partial charge is 0.289 e. The van der Waals surface area contributed by atoms with Crippen molar-refractivity contribution in [1.82, 2.24) is 9.97 Å². The fraction of sp³-hybridized carbons (Fsp3) is 0.0714. The monoisotopic (exact) mass is 274 g/mol. The Bertz CT molecular complexity index is 611. The maximum absolute atomic E-state index is 12.7. The molecule has 0 aliphatic carbocycles. The molecule has 1 aromatic carbocycles. The van der Waals surface area contributed by atoms with Gasteiger partial charge in [0.1, 0.15) is 5.82 Å². The van der Waals surface area contributed by atoms with Gasteiger partial charge >= 0.3 is 0 Å². The zero-order valence-electron chi connectivity index (χ0n) is 10.2. The highest BCUT2D eigenvalue weighted by Crippen LogP contribution is 2.14. The highest BCUT2D eigenvalue weighted by Gasteiger charge is 2.01. The number of carbonyl (C=O) groups is 1. The maximum atomic E-state index is 12.7. The van der Waals surface area contributed by atoms with Gasteiger partial charge in [-0.3, -0.25) is 4.79 Å². The van der Waals surface area contributed by atoms with E-state index in [4.69, 9.17) is 0 Å². The highest BCUT2D eigenvalue weighted by atomic mass is 32.2. The number of aromatic nitrogens is 2. The first kappa shape index (κ1) is 13.4. The van der Waals surface area contributed by atoms with Crippen LogP contribution in [0, 0.1) is 12.7 Å². The van der Waals surface area contributed by atoms with Gasteiger partial charge in [-0.25, -0.2) is 14.4 Å². The van der Waals surface area contributed by atoms with Gasteiger partial charge in [-0.15, -0.1) is 0 Å². The third-order valence-electron chi connectivity index (χ3n) is 2.29. The van der Waals surface area contributed by atoms with Crippen molar-refractivity contribution in [3.05, 3.63) is 65.1 Å². The quantitative estimate of drug-likeness (QED) is 0.371. The van der Waals surface area contributed by atoms with Gasteiger partial charge in [-0.1, -0.05) is 11.8 Å². The van der Waals surface area contributed by atoms with Crippen LogP contribution < -0.4 is 0 Å². The van der Waals surface area contributed by atoms with Crippen LogP contribution in [0.2, 0.25) is 0 Å². The van der Waals surface area contributed by atoms with Crippen molar-refractivity contribution >= 4 is 17.5 Å². The third-order valence-corrected chi connectivity index (χ3v) is 2.97. The molecule has 2 rings (SSSR count). The van der Waals surface area contributed by atoms with Gasteiger partial charge < -0.3 is 0 Å². The summed E-state index contributed by atoms with van der Waals surface area (Å²) in [6.07, 6.45) is 3.09. The molecule has 0 N–H and O–H groups in total. The van der Waals surface area contributed by atoms with Crippen molar-refractivity contribution in [2.24, 2.45) is 0 Å². The van der Waals surface area contributed by atoms with Crippen molar-refractivity contribution in [3.8, 4) is 0 Å². The number of thioether (sulfide) groups is 1. The lowest BCUT2D eigenvalue weighted by atomic mass is 10.1. The number of benzene rings is 1. The molecule has 0 spiro atoms. The summed E-state index contributed by atoms with van der Waals surface area (Å²) in [5.74, 6) is -0.539. The molecule has 0 unspecified atom stereocenters. The van der Waals surface area contributed by atoms with Gasteiger partial charge in [-0.05, 0) is 48.7 Å². The SMILES string of the molecule is Cc1ccnc(S/C=C/C(=O)c2ccc(F)cc2)n1. The molecule has 0 bridgehead atoms. The lowest BCUT2D eigenvalue weighted by Crippen LogP contribution is -1.93. The van der Waals surface area contributed by atoms with Gasteiger partial charge in [0, 0.05) is 17.5 Å².